The first-order chi connectivity index (χ1) is 9.90. The first-order valence-electron chi connectivity index (χ1n) is 7.94. The van der Waals surface area contributed by atoms with Crippen LogP contribution in [0.15, 0.2) is 24.5 Å². The number of fused-ring (bicyclic) bond motifs is 1. The standard InChI is InChI=1S/C16H26N4/c1-2-3-4-5-6-7-8-9-12-17-15-11-14-20-16(19-15)10-13-18-20/h10-11,13-14H,2-9,12H2,1H3,(H,17,19). The van der Waals surface area contributed by atoms with Crippen LogP contribution in [0.3, 0.4) is 0 Å². The van der Waals surface area contributed by atoms with Crippen molar-refractivity contribution in [1.29, 1.82) is 0 Å². The molecular formula is C16H26N4. The lowest BCUT2D eigenvalue weighted by Crippen LogP contribution is -2.04. The number of aromatic nitrogens is 3. The second-order valence-electron chi connectivity index (χ2n) is 5.35. The van der Waals surface area contributed by atoms with Crippen LogP contribution in [0.1, 0.15) is 58.3 Å². The first-order valence-corrected chi connectivity index (χ1v) is 7.94. The largest absolute Gasteiger partial charge is 0.370 e. The predicted octanol–water partition coefficient (Wildman–Crippen LogP) is 4.28. The second-order valence-corrected chi connectivity index (χ2v) is 5.35. The van der Waals surface area contributed by atoms with E-state index in [1.165, 1.54) is 51.4 Å². The van der Waals surface area contributed by atoms with E-state index in [0.717, 1.165) is 18.0 Å². The Hall–Kier alpha value is -1.58. The maximum absolute atomic E-state index is 4.49. The number of rotatable bonds is 10. The van der Waals surface area contributed by atoms with Crippen molar-refractivity contribution in [1.82, 2.24) is 14.6 Å². The molecule has 0 saturated heterocycles. The average Bonchev–Trinajstić information content (AvgIpc) is 2.93. The van der Waals surface area contributed by atoms with Gasteiger partial charge in [0.2, 0.25) is 0 Å². The summed E-state index contributed by atoms with van der Waals surface area (Å²) in [5.41, 5.74) is 0.894. The number of unbranched alkanes of at least 4 members (excludes halogenated alkanes) is 7. The Bertz CT molecular complexity index is 492. The number of hydrogen-bond acceptors (Lipinski definition) is 3. The summed E-state index contributed by atoms with van der Waals surface area (Å²) in [6.45, 7) is 3.27. The molecule has 2 aromatic heterocycles. The van der Waals surface area contributed by atoms with Crippen molar-refractivity contribution in [2.24, 2.45) is 0 Å². The van der Waals surface area contributed by atoms with Crippen molar-refractivity contribution >= 4 is 11.5 Å². The summed E-state index contributed by atoms with van der Waals surface area (Å²) in [5.74, 6) is 0.945. The molecule has 0 atom stereocenters. The van der Waals surface area contributed by atoms with Crippen LogP contribution in [0.5, 0.6) is 0 Å². The highest BCUT2D eigenvalue weighted by atomic mass is 15.2. The zero-order valence-corrected chi connectivity index (χ0v) is 12.5. The molecule has 1 N–H and O–H groups in total. The van der Waals surface area contributed by atoms with Crippen LogP contribution in [-0.4, -0.2) is 21.1 Å². The zero-order chi connectivity index (χ0) is 14.0. The van der Waals surface area contributed by atoms with Crippen LogP contribution in [0, 0.1) is 0 Å². The fourth-order valence-electron chi connectivity index (χ4n) is 2.39. The fraction of sp³-hybridized carbons (Fsp3) is 0.625. The van der Waals surface area contributed by atoms with E-state index in [1.54, 1.807) is 10.7 Å². The average molecular weight is 274 g/mol. The molecule has 0 saturated carbocycles. The molecule has 0 unspecified atom stereocenters. The van der Waals surface area contributed by atoms with Gasteiger partial charge in [-0.25, -0.2) is 9.50 Å². The molecule has 2 rings (SSSR count). The number of nitrogens with zero attached hydrogens (tertiary/aromatic N) is 3. The Kier molecular flexibility index (Phi) is 6.35. The first kappa shape index (κ1) is 14.8. The molecule has 0 aromatic carbocycles. The smallest absolute Gasteiger partial charge is 0.157 e. The molecule has 0 aliphatic rings. The Balaban J connectivity index is 1.54. The SMILES string of the molecule is CCCCCCCCCCNc1ccn2nccc2n1. The van der Waals surface area contributed by atoms with Gasteiger partial charge in [0.15, 0.2) is 5.65 Å². The Labute approximate surface area is 121 Å². The molecule has 0 radical (unpaired) electrons. The summed E-state index contributed by atoms with van der Waals surface area (Å²) in [6.07, 6.45) is 14.5. The maximum atomic E-state index is 4.49. The maximum Gasteiger partial charge on any atom is 0.157 e. The minimum atomic E-state index is 0.894. The van der Waals surface area contributed by atoms with Crippen LogP contribution >= 0.6 is 0 Å². The molecule has 0 aliphatic heterocycles. The van der Waals surface area contributed by atoms with Crippen molar-refractivity contribution in [2.75, 3.05) is 11.9 Å². The van der Waals surface area contributed by atoms with Crippen LogP contribution in [0.2, 0.25) is 0 Å². The summed E-state index contributed by atoms with van der Waals surface area (Å²) < 4.78 is 1.78. The van der Waals surface area contributed by atoms with Crippen LogP contribution in [0.4, 0.5) is 5.82 Å². The van der Waals surface area contributed by atoms with E-state index >= 15 is 0 Å². The van der Waals surface area contributed by atoms with Gasteiger partial charge >= 0.3 is 0 Å². The third kappa shape index (κ3) is 4.83. The van der Waals surface area contributed by atoms with Gasteiger partial charge in [0.05, 0.1) is 6.20 Å². The lowest BCUT2D eigenvalue weighted by molar-refractivity contribution is 0.581. The van der Waals surface area contributed by atoms with Gasteiger partial charge in [0.25, 0.3) is 0 Å². The molecule has 0 amide bonds. The molecule has 0 fully saturated rings. The quantitative estimate of drug-likeness (QED) is 0.657. The zero-order valence-electron chi connectivity index (χ0n) is 12.5. The van der Waals surface area contributed by atoms with Crippen LogP contribution in [-0.2, 0) is 0 Å². The highest BCUT2D eigenvalue weighted by molar-refractivity contribution is 5.45. The van der Waals surface area contributed by atoms with E-state index in [4.69, 9.17) is 0 Å². The van der Waals surface area contributed by atoms with E-state index in [0.29, 0.717) is 0 Å². The Morgan fingerprint density at radius 3 is 2.55 bits per heavy atom. The van der Waals surface area contributed by atoms with Gasteiger partial charge < -0.3 is 5.32 Å². The fourth-order valence-corrected chi connectivity index (χ4v) is 2.39. The third-order valence-electron chi connectivity index (χ3n) is 3.59. The number of hydrogen-bond donors (Lipinski definition) is 1. The highest BCUT2D eigenvalue weighted by Gasteiger charge is 1.97. The summed E-state index contributed by atoms with van der Waals surface area (Å²) in [5, 5.41) is 7.52. The molecule has 2 heterocycles. The molecule has 0 aliphatic carbocycles. The van der Waals surface area contributed by atoms with E-state index in [1.807, 2.05) is 18.3 Å². The van der Waals surface area contributed by atoms with Crippen molar-refractivity contribution in [3.63, 3.8) is 0 Å². The molecule has 4 nitrogen and oxygen atoms in total. The Morgan fingerprint density at radius 1 is 1.00 bits per heavy atom. The third-order valence-corrected chi connectivity index (χ3v) is 3.59. The minimum Gasteiger partial charge on any atom is -0.370 e. The molecule has 2 aromatic rings. The summed E-state index contributed by atoms with van der Waals surface area (Å²) in [7, 11) is 0. The van der Waals surface area contributed by atoms with E-state index in [9.17, 15) is 0 Å². The van der Waals surface area contributed by atoms with Crippen molar-refractivity contribution in [2.45, 2.75) is 58.3 Å². The van der Waals surface area contributed by atoms with E-state index < -0.39 is 0 Å². The van der Waals surface area contributed by atoms with Crippen molar-refractivity contribution in [3.8, 4) is 0 Å². The van der Waals surface area contributed by atoms with Gasteiger partial charge in [0, 0.05) is 18.8 Å². The van der Waals surface area contributed by atoms with Gasteiger partial charge in [-0.15, -0.1) is 0 Å². The molecular weight excluding hydrogens is 248 g/mol. The molecule has 20 heavy (non-hydrogen) atoms. The molecule has 110 valence electrons. The second kappa shape index (κ2) is 8.56. The van der Waals surface area contributed by atoms with Gasteiger partial charge in [0.1, 0.15) is 5.82 Å². The van der Waals surface area contributed by atoms with Gasteiger partial charge in [-0.3, -0.25) is 0 Å². The van der Waals surface area contributed by atoms with Crippen molar-refractivity contribution < 1.29 is 0 Å². The van der Waals surface area contributed by atoms with E-state index in [2.05, 4.69) is 22.3 Å². The number of anilines is 1. The monoisotopic (exact) mass is 274 g/mol. The predicted molar refractivity (Wildman–Crippen MR) is 84.1 cm³/mol. The molecule has 0 bridgehead atoms. The van der Waals surface area contributed by atoms with Gasteiger partial charge in [-0.2, -0.15) is 5.10 Å². The Morgan fingerprint density at radius 2 is 1.75 bits per heavy atom. The summed E-state index contributed by atoms with van der Waals surface area (Å²) >= 11 is 0. The van der Waals surface area contributed by atoms with Gasteiger partial charge in [-0.05, 0) is 12.5 Å². The van der Waals surface area contributed by atoms with Crippen molar-refractivity contribution in [3.05, 3.63) is 24.5 Å². The van der Waals surface area contributed by atoms with E-state index in [-0.39, 0.29) is 0 Å². The molecule has 0 spiro atoms. The highest BCUT2D eigenvalue weighted by Crippen LogP contribution is 2.09. The lowest BCUT2D eigenvalue weighted by atomic mass is 10.1. The lowest BCUT2D eigenvalue weighted by Gasteiger charge is -2.06. The minimum absolute atomic E-state index is 0.894. The number of nitrogens with one attached hydrogen (secondary N) is 1. The topological polar surface area (TPSA) is 42.2 Å². The van der Waals surface area contributed by atoms with Crippen LogP contribution in [0.25, 0.3) is 5.65 Å². The van der Waals surface area contributed by atoms with Crippen LogP contribution < -0.4 is 5.32 Å². The molecule has 4 heteroatoms. The normalized spacial score (nSPS) is 11.1. The summed E-state index contributed by atoms with van der Waals surface area (Å²) in [6, 6.07) is 3.90. The summed E-state index contributed by atoms with van der Waals surface area (Å²) in [4.78, 5) is 4.49. The van der Waals surface area contributed by atoms with Gasteiger partial charge in [-0.1, -0.05) is 51.9 Å².